The number of halogens is 1. The molecular formula is C22H24ClN5O4S. The van der Waals surface area contributed by atoms with Gasteiger partial charge in [0.05, 0.1) is 41.3 Å². The van der Waals surface area contributed by atoms with Gasteiger partial charge in [0.15, 0.2) is 5.69 Å². The quantitative estimate of drug-likeness (QED) is 0.619. The number of fused-ring (bicyclic) bond motifs is 2. The zero-order valence-corrected chi connectivity index (χ0v) is 19.6. The molecule has 2 bridgehead atoms. The maximum Gasteiger partial charge on any atom is 0.221 e. The molecule has 0 amide bonds. The highest BCUT2D eigenvalue weighted by Crippen LogP contribution is 2.38. The van der Waals surface area contributed by atoms with E-state index in [4.69, 9.17) is 27.6 Å². The SMILES string of the molecule is [C-]#[N+]c1ccc(Nc2ncnc(OC3C4COCC3CN(S(=O)(=O)C3CC3)C4)c2C)c(Cl)c1. The fraction of sp³-hybridized carbons (Fsp3) is 0.500. The van der Waals surface area contributed by atoms with Crippen molar-refractivity contribution in [2.75, 3.05) is 31.6 Å². The number of benzene rings is 1. The molecule has 3 aliphatic rings. The van der Waals surface area contributed by atoms with Crippen molar-refractivity contribution in [3.63, 3.8) is 0 Å². The second-order valence-corrected chi connectivity index (χ2v) is 11.4. The molecule has 1 aromatic heterocycles. The molecule has 9 nitrogen and oxygen atoms in total. The normalized spacial score (nSPS) is 25.3. The molecule has 0 radical (unpaired) electrons. The average Bonchev–Trinajstić information content (AvgIpc) is 3.63. The fourth-order valence-electron chi connectivity index (χ4n) is 4.44. The standard InChI is InChI=1S/C22H24ClN5O4S/c1-13-21(27-19-6-3-16(24-2)7-18(19)23)25-12-26-22(13)32-20-14-8-28(9-15(20)11-31-10-14)33(29,30)17-4-5-17/h3,6-7,12,14-15,17,20H,4-5,8-11H2,1H3,(H,25,26,27). The van der Waals surface area contributed by atoms with Crippen molar-refractivity contribution in [1.82, 2.24) is 14.3 Å². The third-order valence-electron chi connectivity index (χ3n) is 6.40. The van der Waals surface area contributed by atoms with Gasteiger partial charge in [0, 0.05) is 24.9 Å². The number of rotatable bonds is 6. The van der Waals surface area contributed by atoms with Gasteiger partial charge >= 0.3 is 0 Å². The van der Waals surface area contributed by atoms with Gasteiger partial charge in [0.25, 0.3) is 0 Å². The molecule has 1 N–H and O–H groups in total. The second-order valence-electron chi connectivity index (χ2n) is 8.75. The summed E-state index contributed by atoms with van der Waals surface area (Å²) in [6, 6.07) is 5.00. The Morgan fingerprint density at radius 1 is 1.24 bits per heavy atom. The fourth-order valence-corrected chi connectivity index (χ4v) is 6.62. The van der Waals surface area contributed by atoms with E-state index < -0.39 is 10.0 Å². The van der Waals surface area contributed by atoms with Crippen LogP contribution in [0.4, 0.5) is 17.2 Å². The van der Waals surface area contributed by atoms with Crippen LogP contribution in [0.2, 0.25) is 5.02 Å². The smallest absolute Gasteiger partial charge is 0.221 e. The first-order valence-electron chi connectivity index (χ1n) is 10.9. The Morgan fingerprint density at radius 3 is 2.61 bits per heavy atom. The largest absolute Gasteiger partial charge is 0.473 e. The second kappa shape index (κ2) is 8.72. The summed E-state index contributed by atoms with van der Waals surface area (Å²) >= 11 is 6.30. The monoisotopic (exact) mass is 489 g/mol. The van der Waals surface area contributed by atoms with Crippen molar-refractivity contribution < 1.29 is 17.9 Å². The molecule has 2 aromatic rings. The minimum Gasteiger partial charge on any atom is -0.473 e. The van der Waals surface area contributed by atoms with Crippen molar-refractivity contribution >= 4 is 38.8 Å². The van der Waals surface area contributed by atoms with Crippen molar-refractivity contribution in [2.45, 2.75) is 31.1 Å². The van der Waals surface area contributed by atoms with Gasteiger partial charge in [-0.3, -0.25) is 0 Å². The van der Waals surface area contributed by atoms with Gasteiger partial charge in [0.2, 0.25) is 15.9 Å². The summed E-state index contributed by atoms with van der Waals surface area (Å²) in [4.78, 5) is 12.0. The number of hydrogen-bond acceptors (Lipinski definition) is 7. The summed E-state index contributed by atoms with van der Waals surface area (Å²) in [6.07, 6.45) is 2.74. The van der Waals surface area contributed by atoms with Crippen LogP contribution in [0.3, 0.4) is 0 Å². The van der Waals surface area contributed by atoms with Crippen LogP contribution in [-0.4, -0.2) is 60.3 Å². The number of anilines is 2. The Morgan fingerprint density at radius 2 is 1.97 bits per heavy atom. The van der Waals surface area contributed by atoms with Crippen molar-refractivity contribution in [3.05, 3.63) is 46.5 Å². The number of sulfonamides is 1. The molecule has 11 heteroatoms. The van der Waals surface area contributed by atoms with Gasteiger partial charge in [-0.25, -0.2) is 27.5 Å². The lowest BCUT2D eigenvalue weighted by Gasteiger charge is -2.45. The zero-order valence-electron chi connectivity index (χ0n) is 18.1. The van der Waals surface area contributed by atoms with E-state index in [0.717, 1.165) is 18.4 Å². The van der Waals surface area contributed by atoms with Crippen LogP contribution >= 0.6 is 11.6 Å². The van der Waals surface area contributed by atoms with E-state index in [1.807, 2.05) is 6.92 Å². The predicted octanol–water partition coefficient (Wildman–Crippen LogP) is 3.55. The van der Waals surface area contributed by atoms with Gasteiger partial charge < -0.3 is 14.8 Å². The molecule has 1 aliphatic carbocycles. The minimum absolute atomic E-state index is 0.0626. The molecule has 3 heterocycles. The summed E-state index contributed by atoms with van der Waals surface area (Å²) in [6.45, 7) is 10.7. The molecule has 2 unspecified atom stereocenters. The number of hydrogen-bond donors (Lipinski definition) is 1. The van der Waals surface area contributed by atoms with Crippen molar-refractivity contribution in [1.29, 1.82) is 0 Å². The average molecular weight is 490 g/mol. The molecule has 3 fully saturated rings. The van der Waals surface area contributed by atoms with Crippen molar-refractivity contribution in [2.24, 2.45) is 11.8 Å². The van der Waals surface area contributed by atoms with E-state index in [1.165, 1.54) is 6.33 Å². The number of aromatic nitrogens is 2. The highest BCUT2D eigenvalue weighted by Gasteiger charge is 2.49. The van der Waals surface area contributed by atoms with Crippen molar-refractivity contribution in [3.8, 4) is 5.88 Å². The third-order valence-corrected chi connectivity index (χ3v) is 9.04. The van der Waals surface area contributed by atoms with Gasteiger partial charge in [-0.05, 0) is 31.9 Å². The Balaban J connectivity index is 1.34. The van der Waals surface area contributed by atoms with Crippen LogP contribution in [-0.2, 0) is 14.8 Å². The van der Waals surface area contributed by atoms with E-state index in [-0.39, 0.29) is 23.2 Å². The first kappa shape index (κ1) is 22.3. The number of ether oxygens (including phenoxy) is 2. The summed E-state index contributed by atoms with van der Waals surface area (Å²) < 4.78 is 39.3. The Kier molecular flexibility index (Phi) is 5.91. The van der Waals surface area contributed by atoms with Gasteiger partial charge in [0.1, 0.15) is 18.2 Å². The van der Waals surface area contributed by atoms with E-state index in [1.54, 1.807) is 22.5 Å². The van der Waals surface area contributed by atoms with E-state index in [2.05, 4.69) is 20.1 Å². The highest BCUT2D eigenvalue weighted by atomic mass is 35.5. The maximum atomic E-state index is 12.8. The molecule has 174 valence electrons. The molecule has 2 atom stereocenters. The van der Waals surface area contributed by atoms with Crippen LogP contribution in [0.1, 0.15) is 18.4 Å². The molecule has 0 spiro atoms. The molecule has 2 saturated heterocycles. The predicted molar refractivity (Wildman–Crippen MR) is 123 cm³/mol. The third kappa shape index (κ3) is 4.38. The Hall–Kier alpha value is -2.45. The van der Waals surface area contributed by atoms with Crippen LogP contribution in [0, 0.1) is 25.3 Å². The number of nitrogens with zero attached hydrogens (tertiary/aromatic N) is 4. The minimum atomic E-state index is -3.23. The maximum absolute atomic E-state index is 12.8. The van der Waals surface area contributed by atoms with E-state index in [9.17, 15) is 8.42 Å². The summed E-state index contributed by atoms with van der Waals surface area (Å²) in [5, 5.41) is 3.39. The lowest BCUT2D eigenvalue weighted by atomic mass is 9.85. The molecule has 2 aliphatic heterocycles. The lowest BCUT2D eigenvalue weighted by molar-refractivity contribution is -0.0997. The Labute approximate surface area is 197 Å². The molecular weight excluding hydrogens is 466 g/mol. The van der Waals surface area contributed by atoms with Crippen LogP contribution in [0.15, 0.2) is 24.5 Å². The molecule has 1 saturated carbocycles. The van der Waals surface area contributed by atoms with Gasteiger partial charge in [-0.1, -0.05) is 17.7 Å². The van der Waals surface area contributed by atoms with Crippen LogP contribution < -0.4 is 10.1 Å². The zero-order chi connectivity index (χ0) is 23.2. The summed E-state index contributed by atoms with van der Waals surface area (Å²) in [5.74, 6) is 0.870. The summed E-state index contributed by atoms with van der Waals surface area (Å²) in [5.41, 5.74) is 1.80. The molecule has 33 heavy (non-hydrogen) atoms. The van der Waals surface area contributed by atoms with Crippen LogP contribution in [0.5, 0.6) is 5.88 Å². The van der Waals surface area contributed by atoms with E-state index in [0.29, 0.717) is 54.4 Å². The van der Waals surface area contributed by atoms with Gasteiger partial charge in [-0.2, -0.15) is 0 Å². The van der Waals surface area contributed by atoms with E-state index >= 15 is 0 Å². The number of nitrogens with one attached hydrogen (secondary N) is 1. The lowest BCUT2D eigenvalue weighted by Crippen LogP contribution is -2.59. The highest BCUT2D eigenvalue weighted by molar-refractivity contribution is 7.90. The number of piperidine rings is 1. The topological polar surface area (TPSA) is 98.0 Å². The first-order valence-corrected chi connectivity index (χ1v) is 12.7. The molecule has 1 aromatic carbocycles. The Bertz CT molecular complexity index is 1200. The molecule has 5 rings (SSSR count). The van der Waals surface area contributed by atoms with Gasteiger partial charge in [-0.15, -0.1) is 0 Å². The van der Waals surface area contributed by atoms with Crippen LogP contribution in [0.25, 0.3) is 4.85 Å². The first-order chi connectivity index (χ1) is 15.9. The summed E-state index contributed by atoms with van der Waals surface area (Å²) in [7, 11) is -3.23.